The standard InChI is InChI=1S/C10H18N3O2P/c1-8(2)14-16(15-9(3)4)13-7-10(5-11)6-12/h8-10,13H,7H2,1-4H3. The Morgan fingerprint density at radius 3 is 1.81 bits per heavy atom. The average Bonchev–Trinajstić information content (AvgIpc) is 2.17. The van der Waals surface area contributed by atoms with E-state index in [4.69, 9.17) is 19.6 Å². The molecule has 0 bridgehead atoms. The Balaban J connectivity index is 4.12. The molecular weight excluding hydrogens is 225 g/mol. The van der Waals surface area contributed by atoms with Gasteiger partial charge in [-0.25, -0.2) is 5.09 Å². The summed E-state index contributed by atoms with van der Waals surface area (Å²) in [6.07, 6.45) is 0.0833. The van der Waals surface area contributed by atoms with Crippen molar-refractivity contribution >= 4 is 8.53 Å². The van der Waals surface area contributed by atoms with E-state index in [2.05, 4.69) is 5.09 Å². The van der Waals surface area contributed by atoms with Gasteiger partial charge >= 0.3 is 0 Å². The van der Waals surface area contributed by atoms with Crippen molar-refractivity contribution in [2.75, 3.05) is 6.54 Å². The van der Waals surface area contributed by atoms with Crippen LogP contribution in [-0.4, -0.2) is 18.8 Å². The normalized spacial score (nSPS) is 11.1. The third-order valence-electron chi connectivity index (χ3n) is 1.35. The summed E-state index contributed by atoms with van der Waals surface area (Å²) < 4.78 is 11.0. The molecule has 0 heterocycles. The monoisotopic (exact) mass is 243 g/mol. The van der Waals surface area contributed by atoms with Crippen molar-refractivity contribution < 1.29 is 9.05 Å². The molecule has 6 heteroatoms. The lowest BCUT2D eigenvalue weighted by Crippen LogP contribution is -2.21. The van der Waals surface area contributed by atoms with Gasteiger partial charge in [-0.15, -0.1) is 0 Å². The third-order valence-corrected chi connectivity index (χ3v) is 3.02. The lowest BCUT2D eigenvalue weighted by Gasteiger charge is -2.22. The second kappa shape index (κ2) is 8.44. The predicted octanol–water partition coefficient (Wildman–Crippen LogP) is 2.32. The first-order valence-corrected chi connectivity index (χ1v) is 6.33. The molecule has 0 saturated carbocycles. The Bertz CT molecular complexity index is 246. The minimum atomic E-state index is -1.24. The highest BCUT2D eigenvalue weighted by Gasteiger charge is 2.16. The first-order valence-electron chi connectivity index (χ1n) is 5.16. The second-order valence-corrected chi connectivity index (χ2v) is 4.99. The molecule has 0 unspecified atom stereocenters. The molecule has 0 aliphatic carbocycles. The van der Waals surface area contributed by atoms with Crippen LogP contribution in [0.4, 0.5) is 0 Å². The smallest absolute Gasteiger partial charge is 0.256 e. The van der Waals surface area contributed by atoms with Crippen molar-refractivity contribution in [3.05, 3.63) is 0 Å². The van der Waals surface area contributed by atoms with Crippen molar-refractivity contribution in [2.45, 2.75) is 39.9 Å². The van der Waals surface area contributed by atoms with E-state index < -0.39 is 14.4 Å². The molecule has 0 aliphatic rings. The topological polar surface area (TPSA) is 78.1 Å². The van der Waals surface area contributed by atoms with Gasteiger partial charge in [0.05, 0.1) is 24.3 Å². The van der Waals surface area contributed by atoms with Crippen LogP contribution in [-0.2, 0) is 9.05 Å². The van der Waals surface area contributed by atoms with Gasteiger partial charge in [0, 0.05) is 6.54 Å². The van der Waals surface area contributed by atoms with E-state index in [1.807, 2.05) is 39.8 Å². The van der Waals surface area contributed by atoms with Gasteiger partial charge in [0.25, 0.3) is 8.53 Å². The molecule has 0 rings (SSSR count). The molecule has 1 N–H and O–H groups in total. The zero-order chi connectivity index (χ0) is 12.6. The SMILES string of the molecule is CC(C)OP(NCC(C#N)C#N)OC(C)C. The Labute approximate surface area is 98.3 Å². The van der Waals surface area contributed by atoms with Gasteiger partial charge in [0.2, 0.25) is 0 Å². The lowest BCUT2D eigenvalue weighted by atomic mass is 10.2. The van der Waals surface area contributed by atoms with Gasteiger partial charge in [-0.3, -0.25) is 0 Å². The number of nitriles is 2. The molecule has 0 aromatic carbocycles. The zero-order valence-corrected chi connectivity index (χ0v) is 11.0. The number of hydrogen-bond donors (Lipinski definition) is 1. The lowest BCUT2D eigenvalue weighted by molar-refractivity contribution is 0.171. The van der Waals surface area contributed by atoms with Gasteiger partial charge in [-0.1, -0.05) is 0 Å². The van der Waals surface area contributed by atoms with Crippen molar-refractivity contribution in [1.29, 1.82) is 10.5 Å². The van der Waals surface area contributed by atoms with Crippen LogP contribution in [0.5, 0.6) is 0 Å². The number of nitrogens with zero attached hydrogens (tertiary/aromatic N) is 2. The zero-order valence-electron chi connectivity index (χ0n) is 10.1. The fourth-order valence-electron chi connectivity index (χ4n) is 0.768. The van der Waals surface area contributed by atoms with Crippen LogP contribution in [0.2, 0.25) is 0 Å². The van der Waals surface area contributed by atoms with Gasteiger partial charge < -0.3 is 9.05 Å². The number of hydrogen-bond acceptors (Lipinski definition) is 5. The molecule has 0 aromatic rings. The molecule has 0 aromatic heterocycles. The van der Waals surface area contributed by atoms with Crippen molar-refractivity contribution in [1.82, 2.24) is 5.09 Å². The van der Waals surface area contributed by atoms with Crippen LogP contribution in [0.25, 0.3) is 0 Å². The molecule has 0 fully saturated rings. The summed E-state index contributed by atoms with van der Waals surface area (Å²) in [5.74, 6) is -0.670. The van der Waals surface area contributed by atoms with Gasteiger partial charge in [-0.05, 0) is 27.7 Å². The largest absolute Gasteiger partial charge is 0.319 e. The maximum absolute atomic E-state index is 8.62. The van der Waals surface area contributed by atoms with E-state index in [9.17, 15) is 0 Å². The van der Waals surface area contributed by atoms with Crippen molar-refractivity contribution in [2.24, 2.45) is 5.92 Å². The minimum Gasteiger partial charge on any atom is -0.319 e. The Hall–Kier alpha value is -0.710. The van der Waals surface area contributed by atoms with Gasteiger partial charge in [0.1, 0.15) is 5.92 Å². The van der Waals surface area contributed by atoms with E-state index in [0.717, 1.165) is 0 Å². The summed E-state index contributed by atoms with van der Waals surface area (Å²) in [4.78, 5) is 0. The Morgan fingerprint density at radius 2 is 1.50 bits per heavy atom. The maximum Gasteiger partial charge on any atom is 0.256 e. The summed E-state index contributed by atoms with van der Waals surface area (Å²) in [6.45, 7) is 7.90. The molecule has 0 amide bonds. The molecule has 0 saturated heterocycles. The second-order valence-electron chi connectivity index (χ2n) is 3.74. The summed E-state index contributed by atoms with van der Waals surface area (Å²) in [7, 11) is -1.24. The van der Waals surface area contributed by atoms with E-state index in [1.165, 1.54) is 0 Å². The molecular formula is C10H18N3O2P. The Kier molecular flexibility index (Phi) is 8.07. The van der Waals surface area contributed by atoms with Crippen LogP contribution in [0.1, 0.15) is 27.7 Å². The van der Waals surface area contributed by atoms with Gasteiger partial charge in [0.15, 0.2) is 0 Å². The predicted molar refractivity (Wildman–Crippen MR) is 62.1 cm³/mol. The molecule has 0 spiro atoms. The van der Waals surface area contributed by atoms with Crippen LogP contribution in [0, 0.1) is 28.6 Å². The van der Waals surface area contributed by atoms with E-state index in [-0.39, 0.29) is 18.8 Å². The van der Waals surface area contributed by atoms with Crippen LogP contribution in [0.15, 0.2) is 0 Å². The summed E-state index contributed by atoms with van der Waals surface area (Å²) in [6, 6.07) is 3.78. The molecule has 90 valence electrons. The highest BCUT2D eigenvalue weighted by molar-refractivity contribution is 7.45. The van der Waals surface area contributed by atoms with Crippen LogP contribution >= 0.6 is 8.53 Å². The maximum atomic E-state index is 8.62. The van der Waals surface area contributed by atoms with Gasteiger partial charge in [-0.2, -0.15) is 10.5 Å². The van der Waals surface area contributed by atoms with E-state index >= 15 is 0 Å². The average molecular weight is 243 g/mol. The summed E-state index contributed by atoms with van der Waals surface area (Å²) in [5, 5.41) is 20.2. The minimum absolute atomic E-state index is 0.0417. The molecule has 0 aliphatic heterocycles. The van der Waals surface area contributed by atoms with Crippen LogP contribution < -0.4 is 5.09 Å². The third kappa shape index (κ3) is 7.56. The van der Waals surface area contributed by atoms with E-state index in [0.29, 0.717) is 0 Å². The summed E-state index contributed by atoms with van der Waals surface area (Å²) in [5.41, 5.74) is 0. The fourth-order valence-corrected chi connectivity index (χ4v) is 2.06. The Morgan fingerprint density at radius 1 is 1.06 bits per heavy atom. The quantitative estimate of drug-likeness (QED) is 0.694. The fraction of sp³-hybridized carbons (Fsp3) is 0.800. The van der Waals surface area contributed by atoms with Crippen molar-refractivity contribution in [3.63, 3.8) is 0 Å². The number of nitrogens with one attached hydrogen (secondary N) is 1. The number of rotatable bonds is 7. The van der Waals surface area contributed by atoms with Crippen molar-refractivity contribution in [3.8, 4) is 12.1 Å². The van der Waals surface area contributed by atoms with E-state index in [1.54, 1.807) is 0 Å². The molecule has 16 heavy (non-hydrogen) atoms. The van der Waals surface area contributed by atoms with Crippen LogP contribution in [0.3, 0.4) is 0 Å². The first kappa shape index (κ1) is 15.3. The summed E-state index contributed by atoms with van der Waals surface area (Å²) >= 11 is 0. The molecule has 0 radical (unpaired) electrons. The highest BCUT2D eigenvalue weighted by Crippen LogP contribution is 2.36. The molecule has 0 atom stereocenters. The first-order chi connectivity index (χ1) is 7.49. The highest BCUT2D eigenvalue weighted by atomic mass is 31.2. The molecule has 5 nitrogen and oxygen atoms in total.